The van der Waals surface area contributed by atoms with Crippen molar-refractivity contribution in [3.8, 4) is 0 Å². The van der Waals surface area contributed by atoms with Gasteiger partial charge in [-0.05, 0) is 5.56 Å². The van der Waals surface area contributed by atoms with Crippen LogP contribution < -0.4 is 16.0 Å². The van der Waals surface area contributed by atoms with Gasteiger partial charge in [-0.25, -0.2) is 0 Å². The fourth-order valence-corrected chi connectivity index (χ4v) is 2.96. The topological polar surface area (TPSA) is 132 Å². The average molecular weight is 353 g/mol. The molecule has 2 unspecified atom stereocenters. The molecule has 2 aliphatic heterocycles. The number of non-ortho nitro benzene ring substituents is 1. The maximum Gasteiger partial charge on any atom is 0.271 e. The first-order valence-corrected chi connectivity index (χ1v) is 8.26. The molecule has 2 heterocycles. The van der Waals surface area contributed by atoms with Crippen molar-refractivity contribution in [2.24, 2.45) is 0 Å². The number of benzene rings is 1. The molecule has 0 spiro atoms. The Morgan fingerprint density at radius 1 is 1.28 bits per heavy atom. The summed E-state index contributed by atoms with van der Waals surface area (Å²) in [6, 6.07) is 2.81. The number of aliphatic hydroxyl groups excluding tert-OH is 2. The summed E-state index contributed by atoms with van der Waals surface area (Å²) in [6.07, 6.45) is -2.40. The summed E-state index contributed by atoms with van der Waals surface area (Å²) in [4.78, 5) is 12.9. The fraction of sp³-hybridized carbons (Fsp3) is 0.600. The summed E-state index contributed by atoms with van der Waals surface area (Å²) in [6.45, 7) is 5.31. The van der Waals surface area contributed by atoms with E-state index in [0.717, 1.165) is 39.4 Å². The van der Waals surface area contributed by atoms with Crippen LogP contribution in [0.1, 0.15) is 5.56 Å². The van der Waals surface area contributed by atoms with Gasteiger partial charge in [-0.1, -0.05) is 0 Å². The lowest BCUT2D eigenvalue weighted by Crippen LogP contribution is -2.43. The van der Waals surface area contributed by atoms with Crippen LogP contribution in [0.4, 0.5) is 17.1 Å². The number of hydrogen-bond donors (Lipinski definition) is 5. The number of rotatable bonds is 6. The molecule has 1 saturated heterocycles. The Morgan fingerprint density at radius 2 is 2.00 bits per heavy atom. The van der Waals surface area contributed by atoms with Crippen molar-refractivity contribution in [1.82, 2.24) is 10.2 Å². The van der Waals surface area contributed by atoms with E-state index in [4.69, 9.17) is 4.74 Å². The van der Waals surface area contributed by atoms with E-state index in [1.165, 1.54) is 12.1 Å². The number of nitrogens with one attached hydrogen (secondary N) is 3. The van der Waals surface area contributed by atoms with Gasteiger partial charge in [0.1, 0.15) is 0 Å². The van der Waals surface area contributed by atoms with Crippen LogP contribution in [0.25, 0.3) is 0 Å². The number of aliphatic hydroxyl groups is 2. The predicted molar refractivity (Wildman–Crippen MR) is 91.3 cm³/mol. The highest BCUT2D eigenvalue weighted by molar-refractivity contribution is 5.78. The van der Waals surface area contributed by atoms with Crippen LogP contribution >= 0.6 is 0 Å². The Labute approximate surface area is 144 Å². The number of nitrogens with zero attached hydrogens (tertiary/aromatic N) is 2. The Balaban J connectivity index is 1.65. The standard InChI is InChI=1S/C15H23N5O5/c21-14-15(22)18-13-10(7-11(20(23)24)8-12(13)17-14)9-16-1-2-19-3-5-25-6-4-19/h7-8,14-18,21-22H,1-6,9H2. The normalized spacial score (nSPS) is 23.4. The lowest BCUT2D eigenvalue weighted by Gasteiger charge is -2.31. The summed E-state index contributed by atoms with van der Waals surface area (Å²) in [7, 11) is 0. The van der Waals surface area contributed by atoms with E-state index in [0.29, 0.717) is 23.5 Å². The van der Waals surface area contributed by atoms with Gasteiger partial charge in [0, 0.05) is 44.9 Å². The van der Waals surface area contributed by atoms with Gasteiger partial charge in [0.2, 0.25) is 0 Å². The van der Waals surface area contributed by atoms with Gasteiger partial charge in [-0.15, -0.1) is 0 Å². The minimum absolute atomic E-state index is 0.0679. The highest BCUT2D eigenvalue weighted by Crippen LogP contribution is 2.35. The summed E-state index contributed by atoms with van der Waals surface area (Å²) in [5, 5.41) is 39.3. The zero-order valence-corrected chi connectivity index (χ0v) is 13.8. The smallest absolute Gasteiger partial charge is 0.271 e. The Morgan fingerprint density at radius 3 is 2.72 bits per heavy atom. The van der Waals surface area contributed by atoms with Gasteiger partial charge in [0.05, 0.1) is 29.5 Å². The Bertz CT molecular complexity index is 623. The predicted octanol–water partition coefficient (Wildman–Crippen LogP) is -0.509. The molecule has 10 nitrogen and oxygen atoms in total. The summed E-state index contributed by atoms with van der Waals surface area (Å²) < 4.78 is 5.31. The monoisotopic (exact) mass is 353 g/mol. The van der Waals surface area contributed by atoms with Crippen molar-refractivity contribution in [2.45, 2.75) is 19.0 Å². The molecule has 3 rings (SSSR count). The van der Waals surface area contributed by atoms with Crippen molar-refractivity contribution < 1.29 is 19.9 Å². The molecule has 0 bridgehead atoms. The molecule has 2 atom stereocenters. The molecule has 10 heteroatoms. The number of fused-ring (bicyclic) bond motifs is 1. The zero-order chi connectivity index (χ0) is 17.8. The average Bonchev–Trinajstić information content (AvgIpc) is 2.60. The van der Waals surface area contributed by atoms with Gasteiger partial charge in [0.15, 0.2) is 12.5 Å². The van der Waals surface area contributed by atoms with Gasteiger partial charge >= 0.3 is 0 Å². The quantitative estimate of drug-likeness (QED) is 0.260. The van der Waals surface area contributed by atoms with E-state index in [-0.39, 0.29) is 5.69 Å². The van der Waals surface area contributed by atoms with E-state index in [1.807, 2.05) is 0 Å². The van der Waals surface area contributed by atoms with Crippen LogP contribution in [0.2, 0.25) is 0 Å². The van der Waals surface area contributed by atoms with Crippen LogP contribution in [0.3, 0.4) is 0 Å². The SMILES string of the molecule is O=[N+]([O-])c1cc(CNCCN2CCOCC2)c2c(c1)NC(O)C(O)N2. The number of nitro groups is 1. The second-order valence-corrected chi connectivity index (χ2v) is 6.09. The summed E-state index contributed by atoms with van der Waals surface area (Å²) >= 11 is 0. The highest BCUT2D eigenvalue weighted by Gasteiger charge is 2.27. The third-order valence-electron chi connectivity index (χ3n) is 4.33. The van der Waals surface area contributed by atoms with Gasteiger partial charge < -0.3 is 30.9 Å². The Hall–Kier alpha value is -1.98. The van der Waals surface area contributed by atoms with Crippen LogP contribution in [-0.4, -0.2) is 71.9 Å². The molecule has 2 aliphatic rings. The van der Waals surface area contributed by atoms with Gasteiger partial charge in [-0.3, -0.25) is 15.0 Å². The van der Waals surface area contributed by atoms with Gasteiger partial charge in [-0.2, -0.15) is 0 Å². The zero-order valence-electron chi connectivity index (χ0n) is 13.8. The molecule has 5 N–H and O–H groups in total. The fourth-order valence-electron chi connectivity index (χ4n) is 2.96. The van der Waals surface area contributed by atoms with Crippen LogP contribution in [-0.2, 0) is 11.3 Å². The van der Waals surface area contributed by atoms with E-state index in [2.05, 4.69) is 20.9 Å². The number of ether oxygens (including phenoxy) is 1. The Kier molecular flexibility index (Phi) is 5.66. The number of anilines is 2. The van der Waals surface area contributed by atoms with Crippen LogP contribution in [0.15, 0.2) is 12.1 Å². The maximum atomic E-state index is 11.1. The molecule has 25 heavy (non-hydrogen) atoms. The first kappa shape index (κ1) is 17.8. The lowest BCUT2D eigenvalue weighted by molar-refractivity contribution is -0.384. The molecule has 0 radical (unpaired) electrons. The van der Waals surface area contributed by atoms with E-state index >= 15 is 0 Å². The number of nitro benzene ring substituents is 1. The summed E-state index contributed by atoms with van der Waals surface area (Å²) in [5.74, 6) is 0. The lowest BCUT2D eigenvalue weighted by atomic mass is 10.1. The molecule has 1 fully saturated rings. The van der Waals surface area contributed by atoms with Crippen molar-refractivity contribution in [3.05, 3.63) is 27.8 Å². The third-order valence-corrected chi connectivity index (χ3v) is 4.33. The number of morpholine rings is 1. The molecule has 1 aromatic carbocycles. The molecular weight excluding hydrogens is 330 g/mol. The third kappa shape index (κ3) is 4.35. The largest absolute Gasteiger partial charge is 0.379 e. The van der Waals surface area contributed by atoms with Crippen LogP contribution in [0.5, 0.6) is 0 Å². The molecule has 1 aromatic rings. The maximum absolute atomic E-state index is 11.1. The van der Waals surface area contributed by atoms with Crippen molar-refractivity contribution >= 4 is 17.1 Å². The van der Waals surface area contributed by atoms with E-state index in [9.17, 15) is 20.3 Å². The second kappa shape index (κ2) is 7.93. The minimum atomic E-state index is -1.23. The van der Waals surface area contributed by atoms with Crippen LogP contribution in [0, 0.1) is 10.1 Å². The molecule has 0 aromatic heterocycles. The molecular formula is C15H23N5O5. The highest BCUT2D eigenvalue weighted by atomic mass is 16.6. The van der Waals surface area contributed by atoms with Crippen molar-refractivity contribution in [1.29, 1.82) is 0 Å². The summed E-state index contributed by atoms with van der Waals surface area (Å²) in [5.41, 5.74) is 1.55. The first-order valence-electron chi connectivity index (χ1n) is 8.26. The molecule has 0 aliphatic carbocycles. The molecule has 0 amide bonds. The molecule has 0 saturated carbocycles. The van der Waals surface area contributed by atoms with E-state index in [1.54, 1.807) is 0 Å². The van der Waals surface area contributed by atoms with Crippen molar-refractivity contribution in [3.63, 3.8) is 0 Å². The second-order valence-electron chi connectivity index (χ2n) is 6.09. The van der Waals surface area contributed by atoms with E-state index < -0.39 is 17.4 Å². The van der Waals surface area contributed by atoms with Crippen molar-refractivity contribution in [2.75, 3.05) is 50.0 Å². The molecule has 138 valence electrons. The number of hydrogen-bond acceptors (Lipinski definition) is 9. The first-order chi connectivity index (χ1) is 12.0. The minimum Gasteiger partial charge on any atom is -0.379 e. The van der Waals surface area contributed by atoms with Gasteiger partial charge in [0.25, 0.3) is 5.69 Å².